The average Bonchev–Trinajstić information content (AvgIpc) is 3.08. The first kappa shape index (κ1) is 21.8. The maximum Gasteiger partial charge on any atom is 0.343 e. The Balaban J connectivity index is 2.04. The predicted octanol–water partition coefficient (Wildman–Crippen LogP) is 3.19. The summed E-state index contributed by atoms with van der Waals surface area (Å²) in [6.45, 7) is 5.67. The molecule has 1 atom stereocenters. The molecule has 2 aromatic rings. The number of hydrogen-bond donors (Lipinski definition) is 1. The van der Waals surface area contributed by atoms with Crippen molar-refractivity contribution < 1.29 is 32.2 Å². The minimum absolute atomic E-state index is 0.0277. The van der Waals surface area contributed by atoms with Crippen LogP contribution in [-0.4, -0.2) is 41.5 Å². The number of carbonyl (C=O) groups is 2. The Bertz CT molecular complexity index is 975. The minimum atomic E-state index is -1.59. The zero-order valence-electron chi connectivity index (χ0n) is 17.0. The first-order valence-corrected chi connectivity index (χ1v) is 9.26. The van der Waals surface area contributed by atoms with Crippen LogP contribution in [0.2, 0.25) is 0 Å². The van der Waals surface area contributed by atoms with Crippen LogP contribution in [-0.2, 0) is 27.3 Å². The van der Waals surface area contributed by atoms with Gasteiger partial charge in [0.1, 0.15) is 6.04 Å². The molecule has 30 heavy (non-hydrogen) atoms. The van der Waals surface area contributed by atoms with Crippen molar-refractivity contribution in [2.75, 3.05) is 13.7 Å². The van der Waals surface area contributed by atoms with Crippen molar-refractivity contribution in [3.8, 4) is 11.3 Å². The molecule has 1 aliphatic rings. The highest BCUT2D eigenvalue weighted by atomic mass is 19.2. The summed E-state index contributed by atoms with van der Waals surface area (Å²) in [6.07, 6.45) is 0.320. The fourth-order valence-electron chi connectivity index (χ4n) is 3.26. The Morgan fingerprint density at radius 1 is 1.23 bits per heavy atom. The van der Waals surface area contributed by atoms with Crippen LogP contribution in [0.5, 0.6) is 0 Å². The van der Waals surface area contributed by atoms with E-state index in [0.29, 0.717) is 24.3 Å². The lowest BCUT2D eigenvalue weighted by molar-refractivity contribution is -0.145. The number of ether oxygens (including phenoxy) is 2. The number of hydrogen-bond acceptors (Lipinski definition) is 5. The summed E-state index contributed by atoms with van der Waals surface area (Å²) in [7, 11) is 1.22. The highest BCUT2D eigenvalue weighted by Crippen LogP contribution is 2.31. The quantitative estimate of drug-likeness (QED) is 0.603. The summed E-state index contributed by atoms with van der Waals surface area (Å²) in [6, 6.07) is -0.0409. The molecule has 0 fully saturated rings. The second kappa shape index (κ2) is 8.10. The number of nitrogens with one attached hydrogen (secondary N) is 1. The van der Waals surface area contributed by atoms with Crippen LogP contribution < -0.4 is 5.32 Å². The third kappa shape index (κ3) is 4.04. The molecule has 1 aromatic heterocycles. The summed E-state index contributed by atoms with van der Waals surface area (Å²) in [4.78, 5) is 25.1. The fraction of sp³-hybridized carbons (Fsp3) is 0.450. The van der Waals surface area contributed by atoms with Gasteiger partial charge in [-0.25, -0.2) is 22.8 Å². The molecular weight excluding hydrogens is 403 g/mol. The lowest BCUT2D eigenvalue weighted by atomic mass is 9.87. The van der Waals surface area contributed by atoms with Gasteiger partial charge in [0.25, 0.3) is 0 Å². The molecule has 1 amide bonds. The molecule has 3 rings (SSSR count). The van der Waals surface area contributed by atoms with Crippen LogP contribution in [0.15, 0.2) is 12.1 Å². The van der Waals surface area contributed by atoms with Crippen LogP contribution in [0.4, 0.5) is 18.0 Å². The van der Waals surface area contributed by atoms with Gasteiger partial charge in [-0.1, -0.05) is 20.8 Å². The van der Waals surface area contributed by atoms with Crippen LogP contribution >= 0.6 is 0 Å². The van der Waals surface area contributed by atoms with Crippen LogP contribution in [0.25, 0.3) is 11.3 Å². The molecule has 1 N–H and O–H groups in total. The van der Waals surface area contributed by atoms with E-state index in [9.17, 15) is 22.8 Å². The third-order valence-corrected chi connectivity index (χ3v) is 4.84. The molecule has 0 aliphatic carbocycles. The zero-order chi connectivity index (χ0) is 22.2. The number of esters is 1. The van der Waals surface area contributed by atoms with E-state index >= 15 is 0 Å². The largest absolute Gasteiger partial charge is 0.467 e. The van der Waals surface area contributed by atoms with Crippen LogP contribution in [0.1, 0.15) is 32.0 Å². The molecule has 0 unspecified atom stereocenters. The number of halogens is 3. The van der Waals surface area contributed by atoms with Gasteiger partial charge < -0.3 is 14.8 Å². The first-order chi connectivity index (χ1) is 14.0. The summed E-state index contributed by atoms with van der Waals surface area (Å²) in [5, 5.41) is 6.82. The number of fused-ring (bicyclic) bond motifs is 1. The highest BCUT2D eigenvalue weighted by Gasteiger charge is 2.35. The van der Waals surface area contributed by atoms with Gasteiger partial charge in [-0.3, -0.25) is 0 Å². The second-order valence-electron chi connectivity index (χ2n) is 8.01. The van der Waals surface area contributed by atoms with E-state index in [4.69, 9.17) is 9.47 Å². The van der Waals surface area contributed by atoms with E-state index in [2.05, 4.69) is 10.4 Å². The van der Waals surface area contributed by atoms with Gasteiger partial charge in [0.05, 0.1) is 31.7 Å². The van der Waals surface area contributed by atoms with Gasteiger partial charge in [-0.2, -0.15) is 9.78 Å². The van der Waals surface area contributed by atoms with E-state index in [0.717, 1.165) is 16.8 Å². The maximum absolute atomic E-state index is 13.7. The van der Waals surface area contributed by atoms with Crippen LogP contribution in [0.3, 0.4) is 0 Å². The Labute approximate surface area is 171 Å². The van der Waals surface area contributed by atoms with Gasteiger partial charge in [0, 0.05) is 17.5 Å². The molecule has 0 saturated heterocycles. The topological polar surface area (TPSA) is 82.5 Å². The van der Waals surface area contributed by atoms with Crippen molar-refractivity contribution in [2.24, 2.45) is 5.41 Å². The zero-order valence-corrected chi connectivity index (χ0v) is 17.0. The number of amides is 1. The number of rotatable bonds is 3. The monoisotopic (exact) mass is 425 g/mol. The Kier molecular flexibility index (Phi) is 5.89. The summed E-state index contributed by atoms with van der Waals surface area (Å²) in [5.74, 6) is -4.95. The van der Waals surface area contributed by atoms with Gasteiger partial charge in [-0.05, 0) is 17.5 Å². The number of nitrogens with zero attached hydrogens (tertiary/aromatic N) is 2. The van der Waals surface area contributed by atoms with Gasteiger partial charge in [0.2, 0.25) is 0 Å². The van der Waals surface area contributed by atoms with Crippen molar-refractivity contribution in [2.45, 2.75) is 39.8 Å². The molecular formula is C20H22F3N3O4. The molecule has 0 bridgehead atoms. The minimum Gasteiger partial charge on any atom is -0.467 e. The molecule has 1 aromatic carbocycles. The van der Waals surface area contributed by atoms with Gasteiger partial charge >= 0.3 is 12.0 Å². The van der Waals surface area contributed by atoms with Crippen LogP contribution in [0, 0.1) is 22.9 Å². The number of carbonyl (C=O) groups excluding carboxylic acids is 2. The van der Waals surface area contributed by atoms with Crippen molar-refractivity contribution in [1.29, 1.82) is 0 Å². The Morgan fingerprint density at radius 2 is 1.87 bits per heavy atom. The molecule has 0 radical (unpaired) electrons. The van der Waals surface area contributed by atoms with E-state index in [1.165, 1.54) is 7.11 Å². The molecule has 0 saturated carbocycles. The normalized spacial score (nSPS) is 14.8. The molecule has 10 heteroatoms. The first-order valence-electron chi connectivity index (χ1n) is 9.26. The maximum atomic E-state index is 13.7. The number of methoxy groups -OCH3 is 1. The SMILES string of the molecule is COC(=O)[C@@H](NC(=O)n1nc(-c2cc(F)c(F)c(F)c2)c2c1CCOC2)C(C)(C)C. The lowest BCUT2D eigenvalue weighted by Crippen LogP contribution is -2.51. The summed E-state index contributed by atoms with van der Waals surface area (Å²) in [5.41, 5.74) is 0.372. The molecule has 0 spiro atoms. The van der Waals surface area contributed by atoms with Crippen molar-refractivity contribution in [3.05, 3.63) is 40.8 Å². The molecule has 7 nitrogen and oxygen atoms in total. The highest BCUT2D eigenvalue weighted by molar-refractivity contribution is 5.86. The lowest BCUT2D eigenvalue weighted by Gasteiger charge is -2.29. The predicted molar refractivity (Wildman–Crippen MR) is 100 cm³/mol. The average molecular weight is 425 g/mol. The van der Waals surface area contributed by atoms with Gasteiger partial charge in [-0.15, -0.1) is 0 Å². The smallest absolute Gasteiger partial charge is 0.343 e. The van der Waals surface area contributed by atoms with Crippen molar-refractivity contribution in [1.82, 2.24) is 15.1 Å². The van der Waals surface area contributed by atoms with E-state index < -0.39 is 40.9 Å². The molecule has 2 heterocycles. The van der Waals surface area contributed by atoms with E-state index in [1.54, 1.807) is 20.8 Å². The second-order valence-corrected chi connectivity index (χ2v) is 8.01. The van der Waals surface area contributed by atoms with Crippen molar-refractivity contribution in [3.63, 3.8) is 0 Å². The Hall–Kier alpha value is -2.88. The van der Waals surface area contributed by atoms with E-state index in [-0.39, 0.29) is 17.9 Å². The number of benzene rings is 1. The fourth-order valence-corrected chi connectivity index (χ4v) is 3.26. The molecule has 162 valence electrons. The number of aromatic nitrogens is 2. The molecule has 1 aliphatic heterocycles. The van der Waals surface area contributed by atoms with Gasteiger partial charge in [0.15, 0.2) is 17.5 Å². The third-order valence-electron chi connectivity index (χ3n) is 4.84. The summed E-state index contributed by atoms with van der Waals surface area (Å²) >= 11 is 0. The van der Waals surface area contributed by atoms with E-state index in [1.807, 2.05) is 0 Å². The standard InChI is InChI=1S/C20H22F3N3O4/c1-20(2,3)17(18(27)29-4)24-19(28)26-14-5-6-30-9-11(14)16(25-26)10-7-12(21)15(23)13(22)8-10/h7-8,17H,5-6,9H2,1-4H3,(H,24,28)/t17-/m1/s1. The summed E-state index contributed by atoms with van der Waals surface area (Å²) < 4.78 is 52.1. The van der Waals surface area contributed by atoms with Crippen molar-refractivity contribution >= 4 is 12.0 Å². The Morgan fingerprint density at radius 3 is 2.43 bits per heavy atom.